The lowest BCUT2D eigenvalue weighted by Gasteiger charge is -2.18. The zero-order chi connectivity index (χ0) is 22.9. The first-order valence-corrected chi connectivity index (χ1v) is 11.8. The molecule has 8 nitrogen and oxygen atoms in total. The van der Waals surface area contributed by atoms with Gasteiger partial charge in [-0.1, -0.05) is 42.1 Å². The van der Waals surface area contributed by atoms with Gasteiger partial charge < -0.3 is 14.8 Å². The third-order valence-corrected chi connectivity index (χ3v) is 6.27. The van der Waals surface area contributed by atoms with Crippen molar-refractivity contribution < 1.29 is 14.3 Å². The van der Waals surface area contributed by atoms with Crippen LogP contribution in [0.2, 0.25) is 0 Å². The second-order valence-corrected chi connectivity index (χ2v) is 8.59. The summed E-state index contributed by atoms with van der Waals surface area (Å²) in [6, 6.07) is 22.8. The highest BCUT2D eigenvalue weighted by Gasteiger charge is 2.18. The highest BCUT2D eigenvalue weighted by atomic mass is 32.2. The quantitative estimate of drug-likeness (QED) is 0.300. The van der Waals surface area contributed by atoms with E-state index < -0.39 is 0 Å². The van der Waals surface area contributed by atoms with Crippen LogP contribution in [-0.4, -0.2) is 44.5 Å². The number of ether oxygens (including phenoxy) is 2. The van der Waals surface area contributed by atoms with Crippen molar-refractivity contribution in [1.29, 1.82) is 0 Å². The molecule has 0 unspecified atom stereocenters. The molecule has 0 atom stereocenters. The van der Waals surface area contributed by atoms with E-state index >= 15 is 0 Å². The lowest BCUT2D eigenvalue weighted by atomic mass is 10.2. The van der Waals surface area contributed by atoms with Crippen LogP contribution in [0.1, 0.15) is 0 Å². The highest BCUT2D eigenvalue weighted by molar-refractivity contribution is 7.99. The Morgan fingerprint density at radius 1 is 0.941 bits per heavy atom. The van der Waals surface area contributed by atoms with E-state index in [0.29, 0.717) is 41.3 Å². The summed E-state index contributed by atoms with van der Waals surface area (Å²) in [7, 11) is 0. The first-order valence-electron chi connectivity index (χ1n) is 10.8. The molecule has 1 N–H and O–H groups in total. The number of para-hydroxylation sites is 2. The average molecular weight is 470 g/mol. The Bertz CT molecular complexity index is 1520. The molecule has 0 fully saturated rings. The molecule has 6 rings (SSSR count). The minimum Gasteiger partial charge on any atom is -0.486 e. The Morgan fingerprint density at radius 3 is 2.62 bits per heavy atom. The van der Waals surface area contributed by atoms with Gasteiger partial charge in [0.2, 0.25) is 5.91 Å². The summed E-state index contributed by atoms with van der Waals surface area (Å²) in [5.41, 5.74) is 3.05. The number of carbonyl (C=O) groups excluding carboxylic acids is 1. The van der Waals surface area contributed by atoms with Crippen LogP contribution < -0.4 is 14.8 Å². The second-order valence-electron chi connectivity index (χ2n) is 7.64. The molecule has 0 bridgehead atoms. The molecular formula is C25H19N5O3S. The molecule has 3 aromatic carbocycles. The van der Waals surface area contributed by atoms with Gasteiger partial charge in [0.05, 0.1) is 11.3 Å². The molecule has 34 heavy (non-hydrogen) atoms. The van der Waals surface area contributed by atoms with Gasteiger partial charge in [-0.3, -0.25) is 4.79 Å². The molecule has 0 saturated carbocycles. The van der Waals surface area contributed by atoms with E-state index in [9.17, 15) is 4.79 Å². The number of nitrogens with one attached hydrogen (secondary N) is 1. The maximum absolute atomic E-state index is 12.5. The van der Waals surface area contributed by atoms with Gasteiger partial charge in [0.25, 0.3) is 0 Å². The second kappa shape index (κ2) is 8.68. The van der Waals surface area contributed by atoms with Crippen LogP contribution in [0.25, 0.3) is 27.9 Å². The predicted molar refractivity (Wildman–Crippen MR) is 131 cm³/mol. The van der Waals surface area contributed by atoms with Crippen LogP contribution >= 0.6 is 11.8 Å². The van der Waals surface area contributed by atoms with Gasteiger partial charge in [-0.25, -0.2) is 9.97 Å². The molecule has 1 amide bonds. The van der Waals surface area contributed by atoms with Crippen LogP contribution in [-0.2, 0) is 4.79 Å². The van der Waals surface area contributed by atoms with Gasteiger partial charge in [-0.2, -0.15) is 4.52 Å². The fourth-order valence-corrected chi connectivity index (χ4v) is 4.52. The standard InChI is InChI=1S/C25H19N5O3S/c31-22(26-17-6-2-1-3-7-17)15-34-25-27-19-9-5-4-8-18(19)24-28-23(29-30(24)25)16-10-11-20-21(14-16)33-13-12-32-20/h1-11,14H,12-13,15H2,(H,26,31). The van der Waals surface area contributed by atoms with Gasteiger partial charge in [0.1, 0.15) is 13.2 Å². The molecule has 0 spiro atoms. The molecule has 1 aliphatic heterocycles. The number of rotatable bonds is 5. The Labute approximate surface area is 198 Å². The molecule has 3 heterocycles. The number of hydrogen-bond donors (Lipinski definition) is 1. The van der Waals surface area contributed by atoms with Crippen molar-refractivity contribution in [2.75, 3.05) is 24.3 Å². The fraction of sp³-hybridized carbons (Fsp3) is 0.120. The number of thioether (sulfide) groups is 1. The molecular weight excluding hydrogens is 450 g/mol. The first kappa shape index (κ1) is 20.5. The summed E-state index contributed by atoms with van der Waals surface area (Å²) in [5.74, 6) is 2.01. The summed E-state index contributed by atoms with van der Waals surface area (Å²) in [6.07, 6.45) is 0. The number of benzene rings is 3. The van der Waals surface area contributed by atoms with Crippen molar-refractivity contribution >= 4 is 39.9 Å². The smallest absolute Gasteiger partial charge is 0.234 e. The minimum atomic E-state index is -0.119. The maximum Gasteiger partial charge on any atom is 0.234 e. The van der Waals surface area contributed by atoms with Gasteiger partial charge in [0, 0.05) is 16.6 Å². The predicted octanol–water partition coefficient (Wildman–Crippen LogP) is 4.45. The van der Waals surface area contributed by atoms with Crippen molar-refractivity contribution in [3.8, 4) is 22.9 Å². The van der Waals surface area contributed by atoms with E-state index in [1.54, 1.807) is 4.52 Å². The molecule has 0 radical (unpaired) electrons. The first-order chi connectivity index (χ1) is 16.7. The zero-order valence-electron chi connectivity index (χ0n) is 18.0. The summed E-state index contributed by atoms with van der Waals surface area (Å²) >= 11 is 1.32. The van der Waals surface area contributed by atoms with Gasteiger partial charge in [0.15, 0.2) is 28.1 Å². The summed E-state index contributed by atoms with van der Waals surface area (Å²) < 4.78 is 13.0. The van der Waals surface area contributed by atoms with Crippen LogP contribution in [0.4, 0.5) is 5.69 Å². The molecule has 9 heteroatoms. The van der Waals surface area contributed by atoms with Crippen LogP contribution in [0, 0.1) is 0 Å². The maximum atomic E-state index is 12.5. The Hall–Kier alpha value is -4.11. The third-order valence-electron chi connectivity index (χ3n) is 5.34. The van der Waals surface area contributed by atoms with Crippen LogP contribution in [0.5, 0.6) is 11.5 Å². The van der Waals surface area contributed by atoms with Crippen LogP contribution in [0.3, 0.4) is 0 Å². The number of amides is 1. The third kappa shape index (κ3) is 3.90. The number of anilines is 1. The monoisotopic (exact) mass is 469 g/mol. The average Bonchev–Trinajstić information content (AvgIpc) is 3.34. The van der Waals surface area contributed by atoms with E-state index in [1.807, 2.05) is 72.8 Å². The molecule has 168 valence electrons. The number of aromatic nitrogens is 4. The molecule has 5 aromatic rings. The van der Waals surface area contributed by atoms with Gasteiger partial charge >= 0.3 is 0 Å². The molecule has 0 aliphatic carbocycles. The van der Waals surface area contributed by atoms with Gasteiger partial charge in [-0.05, 0) is 42.5 Å². The number of carbonyl (C=O) groups is 1. The van der Waals surface area contributed by atoms with Crippen molar-refractivity contribution in [3.05, 3.63) is 72.8 Å². The molecule has 0 saturated heterocycles. The largest absolute Gasteiger partial charge is 0.486 e. The van der Waals surface area contributed by atoms with Crippen molar-refractivity contribution in [3.63, 3.8) is 0 Å². The minimum absolute atomic E-state index is 0.119. The van der Waals surface area contributed by atoms with Crippen molar-refractivity contribution in [2.24, 2.45) is 0 Å². The summed E-state index contributed by atoms with van der Waals surface area (Å²) in [6.45, 7) is 1.05. The van der Waals surface area contributed by atoms with E-state index in [-0.39, 0.29) is 11.7 Å². The summed E-state index contributed by atoms with van der Waals surface area (Å²) in [4.78, 5) is 22.1. The Balaban J connectivity index is 1.36. The summed E-state index contributed by atoms with van der Waals surface area (Å²) in [5, 5.41) is 9.11. The topological polar surface area (TPSA) is 90.6 Å². The van der Waals surface area contributed by atoms with Crippen LogP contribution in [0.15, 0.2) is 78.0 Å². The van der Waals surface area contributed by atoms with E-state index in [1.165, 1.54) is 11.8 Å². The normalized spacial score (nSPS) is 12.7. The lowest BCUT2D eigenvalue weighted by Crippen LogP contribution is -2.15. The Kier molecular flexibility index (Phi) is 5.23. The molecule has 2 aromatic heterocycles. The van der Waals surface area contributed by atoms with Crippen molar-refractivity contribution in [2.45, 2.75) is 5.16 Å². The number of hydrogen-bond acceptors (Lipinski definition) is 7. The zero-order valence-corrected chi connectivity index (χ0v) is 18.8. The van der Waals surface area contributed by atoms with E-state index in [2.05, 4.69) is 5.32 Å². The molecule has 1 aliphatic rings. The van der Waals surface area contributed by atoms with E-state index in [0.717, 1.165) is 22.2 Å². The highest BCUT2D eigenvalue weighted by Crippen LogP contribution is 2.34. The number of nitrogens with zero attached hydrogens (tertiary/aromatic N) is 4. The SMILES string of the molecule is O=C(CSc1nc2ccccc2c2nc(-c3ccc4c(c3)OCCO4)nn12)Nc1ccccc1. The number of fused-ring (bicyclic) bond motifs is 4. The van der Waals surface area contributed by atoms with Crippen molar-refractivity contribution in [1.82, 2.24) is 19.6 Å². The lowest BCUT2D eigenvalue weighted by molar-refractivity contribution is -0.113. The van der Waals surface area contributed by atoms with Gasteiger partial charge in [-0.15, -0.1) is 5.10 Å². The Morgan fingerprint density at radius 2 is 1.74 bits per heavy atom. The van der Waals surface area contributed by atoms with E-state index in [4.69, 9.17) is 24.5 Å². The fourth-order valence-electron chi connectivity index (χ4n) is 3.78.